The molecule has 8 atom stereocenters. The van der Waals surface area contributed by atoms with Crippen LogP contribution in [0, 0.1) is 0 Å². The molecular formula is C24H47NO7. The van der Waals surface area contributed by atoms with Gasteiger partial charge in [0.25, 0.3) is 0 Å². The molecule has 0 aromatic rings. The number of unbranched alkanes of at least 4 members (excludes halogenated alkanes) is 11. The highest BCUT2D eigenvalue weighted by molar-refractivity contribution is 5.02. The first-order chi connectivity index (χ1) is 15.3. The summed E-state index contributed by atoms with van der Waals surface area (Å²) in [6, 6.07) is -1.16. The van der Waals surface area contributed by atoms with Crippen molar-refractivity contribution in [2.24, 2.45) is 5.73 Å². The zero-order valence-corrected chi connectivity index (χ0v) is 19.6. The Morgan fingerprint density at radius 1 is 0.812 bits per heavy atom. The number of hydrogen-bond donors (Lipinski definition) is 7. The van der Waals surface area contributed by atoms with E-state index in [0.29, 0.717) is 0 Å². The van der Waals surface area contributed by atoms with Crippen molar-refractivity contribution in [2.75, 3.05) is 6.61 Å². The SMILES string of the molecule is CCCCCCCCCCCCCC=CC(O)C(N)C(O)C1O[C@H](CO)[C@H](O)[C@H](O)[C@H]1O. The van der Waals surface area contributed by atoms with Crippen molar-refractivity contribution in [3.63, 3.8) is 0 Å². The van der Waals surface area contributed by atoms with Crippen LogP contribution in [0.5, 0.6) is 0 Å². The maximum absolute atomic E-state index is 10.4. The van der Waals surface area contributed by atoms with Crippen molar-refractivity contribution in [3.05, 3.63) is 12.2 Å². The Labute approximate surface area is 193 Å². The van der Waals surface area contributed by atoms with E-state index >= 15 is 0 Å². The first-order valence-corrected chi connectivity index (χ1v) is 12.4. The Balaban J connectivity index is 2.22. The van der Waals surface area contributed by atoms with Crippen LogP contribution >= 0.6 is 0 Å². The minimum Gasteiger partial charge on any atom is -0.394 e. The molecule has 0 aliphatic carbocycles. The molecule has 8 N–H and O–H groups in total. The van der Waals surface area contributed by atoms with Crippen LogP contribution in [0.3, 0.4) is 0 Å². The third-order valence-electron chi connectivity index (χ3n) is 6.36. The molecule has 1 rings (SSSR count). The summed E-state index contributed by atoms with van der Waals surface area (Å²) in [4.78, 5) is 0. The van der Waals surface area contributed by atoms with E-state index in [-0.39, 0.29) is 0 Å². The Kier molecular flexibility index (Phi) is 15.6. The summed E-state index contributed by atoms with van der Waals surface area (Å²) in [5.74, 6) is 0. The molecular weight excluding hydrogens is 414 g/mol. The third kappa shape index (κ3) is 10.1. The molecule has 0 saturated carbocycles. The fourth-order valence-corrected chi connectivity index (χ4v) is 4.12. The first-order valence-electron chi connectivity index (χ1n) is 12.4. The smallest absolute Gasteiger partial charge is 0.114 e. The van der Waals surface area contributed by atoms with E-state index in [1.807, 2.05) is 6.08 Å². The number of rotatable bonds is 17. The molecule has 0 bridgehead atoms. The molecule has 32 heavy (non-hydrogen) atoms. The lowest BCUT2D eigenvalue weighted by Crippen LogP contribution is -2.64. The lowest BCUT2D eigenvalue weighted by atomic mass is 9.88. The Morgan fingerprint density at radius 3 is 1.88 bits per heavy atom. The molecule has 1 heterocycles. The van der Waals surface area contributed by atoms with E-state index in [1.54, 1.807) is 0 Å². The third-order valence-corrected chi connectivity index (χ3v) is 6.36. The van der Waals surface area contributed by atoms with Gasteiger partial charge >= 0.3 is 0 Å². The number of aliphatic hydroxyl groups excluding tert-OH is 6. The average Bonchev–Trinajstić information content (AvgIpc) is 2.79. The van der Waals surface area contributed by atoms with Gasteiger partial charge in [-0.25, -0.2) is 0 Å². The van der Waals surface area contributed by atoms with Crippen molar-refractivity contribution in [2.45, 2.75) is 133 Å². The Bertz CT molecular complexity index is 491. The monoisotopic (exact) mass is 461 g/mol. The summed E-state index contributed by atoms with van der Waals surface area (Å²) in [6.45, 7) is 1.64. The predicted octanol–water partition coefficient (Wildman–Crippen LogP) is 1.14. The van der Waals surface area contributed by atoms with Crippen molar-refractivity contribution in [1.82, 2.24) is 0 Å². The van der Waals surface area contributed by atoms with E-state index in [2.05, 4.69) is 6.92 Å². The van der Waals surface area contributed by atoms with Crippen LogP contribution in [0.25, 0.3) is 0 Å². The van der Waals surface area contributed by atoms with E-state index in [0.717, 1.165) is 19.3 Å². The van der Waals surface area contributed by atoms with Crippen molar-refractivity contribution >= 4 is 0 Å². The summed E-state index contributed by atoms with van der Waals surface area (Å²) < 4.78 is 5.31. The van der Waals surface area contributed by atoms with E-state index in [9.17, 15) is 30.6 Å². The largest absolute Gasteiger partial charge is 0.394 e. The number of ether oxygens (including phenoxy) is 1. The van der Waals surface area contributed by atoms with E-state index in [4.69, 9.17) is 10.5 Å². The van der Waals surface area contributed by atoms with Gasteiger partial charge in [-0.15, -0.1) is 0 Å². The van der Waals surface area contributed by atoms with Crippen molar-refractivity contribution < 1.29 is 35.4 Å². The zero-order valence-electron chi connectivity index (χ0n) is 19.6. The highest BCUT2D eigenvalue weighted by Crippen LogP contribution is 2.25. The quantitative estimate of drug-likeness (QED) is 0.126. The van der Waals surface area contributed by atoms with E-state index < -0.39 is 55.4 Å². The maximum atomic E-state index is 10.4. The number of aliphatic hydroxyl groups is 6. The lowest BCUT2D eigenvalue weighted by Gasteiger charge is -2.43. The molecule has 190 valence electrons. The lowest BCUT2D eigenvalue weighted by molar-refractivity contribution is -0.252. The molecule has 1 saturated heterocycles. The Hall–Kier alpha value is -0.580. The zero-order chi connectivity index (χ0) is 23.9. The summed E-state index contributed by atoms with van der Waals surface area (Å²) in [6.07, 6.45) is 8.26. The van der Waals surface area contributed by atoms with Gasteiger partial charge in [-0.1, -0.05) is 83.3 Å². The number of allylic oxidation sites excluding steroid dienone is 1. The minimum atomic E-state index is -1.60. The first kappa shape index (κ1) is 29.5. The summed E-state index contributed by atoms with van der Waals surface area (Å²) in [5.41, 5.74) is 5.92. The molecule has 4 unspecified atom stereocenters. The highest BCUT2D eigenvalue weighted by Gasteiger charge is 2.47. The second-order valence-corrected chi connectivity index (χ2v) is 9.10. The standard InChI is InChI=1S/C24H47NO7/c1-2-3-4-5-6-7-8-9-10-11-12-13-14-15-17(27)19(25)21(29)24-23(31)22(30)20(28)18(16-26)32-24/h14-15,17-24,26-31H,2-13,16,25H2,1H3/t17?,18-,19?,20+,21?,22+,23-,24?/m1/s1. The molecule has 0 aromatic carbocycles. The molecule has 8 nitrogen and oxygen atoms in total. The van der Waals surface area contributed by atoms with Gasteiger partial charge in [-0.3, -0.25) is 0 Å². The van der Waals surface area contributed by atoms with Gasteiger partial charge in [0.15, 0.2) is 0 Å². The molecule has 1 aliphatic heterocycles. The van der Waals surface area contributed by atoms with Gasteiger partial charge < -0.3 is 41.1 Å². The van der Waals surface area contributed by atoms with Crippen molar-refractivity contribution in [1.29, 1.82) is 0 Å². The van der Waals surface area contributed by atoms with Crippen LogP contribution in [0.4, 0.5) is 0 Å². The maximum Gasteiger partial charge on any atom is 0.114 e. The summed E-state index contributed by atoms with van der Waals surface area (Å²) in [7, 11) is 0. The fourth-order valence-electron chi connectivity index (χ4n) is 4.12. The average molecular weight is 462 g/mol. The minimum absolute atomic E-state index is 0.592. The molecule has 8 heteroatoms. The van der Waals surface area contributed by atoms with Crippen LogP contribution in [0.1, 0.15) is 84.0 Å². The fraction of sp³-hybridized carbons (Fsp3) is 0.917. The number of hydrogen-bond acceptors (Lipinski definition) is 8. The Morgan fingerprint density at radius 2 is 1.34 bits per heavy atom. The van der Waals surface area contributed by atoms with Gasteiger partial charge in [0, 0.05) is 0 Å². The second kappa shape index (κ2) is 16.9. The second-order valence-electron chi connectivity index (χ2n) is 9.10. The van der Waals surface area contributed by atoms with Crippen LogP contribution < -0.4 is 5.73 Å². The topological polar surface area (TPSA) is 157 Å². The van der Waals surface area contributed by atoms with Gasteiger partial charge in [-0.05, 0) is 12.8 Å². The molecule has 0 aromatic heterocycles. The van der Waals surface area contributed by atoms with Crippen LogP contribution in [-0.4, -0.2) is 86.0 Å². The molecule has 1 fully saturated rings. The predicted molar refractivity (Wildman–Crippen MR) is 124 cm³/mol. The normalized spacial score (nSPS) is 29.3. The molecule has 0 amide bonds. The summed E-state index contributed by atoms with van der Waals surface area (Å²) in [5, 5.41) is 59.7. The molecule has 1 aliphatic rings. The van der Waals surface area contributed by atoms with Crippen LogP contribution in [0.15, 0.2) is 12.2 Å². The van der Waals surface area contributed by atoms with Crippen LogP contribution in [0.2, 0.25) is 0 Å². The van der Waals surface area contributed by atoms with Gasteiger partial charge in [0.2, 0.25) is 0 Å². The number of nitrogens with two attached hydrogens (primary N) is 1. The van der Waals surface area contributed by atoms with Gasteiger partial charge in [0.05, 0.1) is 18.8 Å². The highest BCUT2D eigenvalue weighted by atomic mass is 16.6. The van der Waals surface area contributed by atoms with E-state index in [1.165, 1.54) is 63.9 Å². The van der Waals surface area contributed by atoms with Gasteiger partial charge in [0.1, 0.15) is 36.6 Å². The van der Waals surface area contributed by atoms with Gasteiger partial charge in [-0.2, -0.15) is 0 Å². The van der Waals surface area contributed by atoms with Crippen LogP contribution in [-0.2, 0) is 4.74 Å². The molecule has 0 spiro atoms. The van der Waals surface area contributed by atoms with Crippen molar-refractivity contribution in [3.8, 4) is 0 Å². The summed E-state index contributed by atoms with van der Waals surface area (Å²) >= 11 is 0. The molecule has 0 radical (unpaired) electrons.